The highest BCUT2D eigenvalue weighted by Gasteiger charge is 2.48. The Morgan fingerprint density at radius 2 is 2.47 bits per heavy atom. The Labute approximate surface area is 106 Å². The molecule has 2 atom stereocenters. The lowest BCUT2D eigenvalue weighted by Gasteiger charge is -2.38. The van der Waals surface area contributed by atoms with Crippen LogP contribution >= 0.6 is 11.3 Å². The third-order valence-corrected chi connectivity index (χ3v) is 4.72. The Balaban J connectivity index is 2.28. The van der Waals surface area contributed by atoms with Gasteiger partial charge in [-0.2, -0.15) is 11.3 Å². The van der Waals surface area contributed by atoms with Crippen molar-refractivity contribution in [3.63, 3.8) is 0 Å². The number of rotatable bonds is 4. The molecule has 1 aromatic rings. The fourth-order valence-electron chi connectivity index (χ4n) is 2.92. The van der Waals surface area contributed by atoms with E-state index in [1.807, 2.05) is 6.92 Å². The lowest BCUT2D eigenvalue weighted by Crippen LogP contribution is -2.50. The van der Waals surface area contributed by atoms with Crippen LogP contribution in [-0.2, 0) is 4.79 Å². The molecule has 2 rings (SSSR count). The standard InChI is InChI=1S/C13H19NO2S/c1-3-13(12(15)16)6-4-7-14(13)10(2)11-5-8-17-9-11/h5,8-10H,3-4,6-7H2,1-2H3,(H,15,16). The van der Waals surface area contributed by atoms with Crippen molar-refractivity contribution in [2.45, 2.75) is 44.7 Å². The number of carboxylic acid groups (broad SMARTS) is 1. The van der Waals surface area contributed by atoms with E-state index in [0.29, 0.717) is 6.42 Å². The Morgan fingerprint density at radius 3 is 3.00 bits per heavy atom. The molecule has 1 N–H and O–H groups in total. The van der Waals surface area contributed by atoms with Crippen LogP contribution in [0.3, 0.4) is 0 Å². The molecule has 0 spiro atoms. The minimum atomic E-state index is -0.667. The van der Waals surface area contributed by atoms with Crippen molar-refractivity contribution in [1.29, 1.82) is 0 Å². The topological polar surface area (TPSA) is 40.5 Å². The molecule has 0 saturated carbocycles. The van der Waals surface area contributed by atoms with Crippen molar-refractivity contribution >= 4 is 17.3 Å². The predicted molar refractivity (Wildman–Crippen MR) is 69.3 cm³/mol. The second-order valence-electron chi connectivity index (χ2n) is 4.72. The zero-order valence-electron chi connectivity index (χ0n) is 10.3. The summed E-state index contributed by atoms with van der Waals surface area (Å²) in [6.45, 7) is 4.98. The molecule has 0 amide bonds. The highest BCUT2D eigenvalue weighted by molar-refractivity contribution is 7.07. The van der Waals surface area contributed by atoms with Crippen LogP contribution in [0.1, 0.15) is 44.7 Å². The molecule has 0 aromatic carbocycles. The van der Waals surface area contributed by atoms with E-state index in [0.717, 1.165) is 19.4 Å². The number of likely N-dealkylation sites (tertiary alicyclic amines) is 1. The van der Waals surface area contributed by atoms with Crippen LogP contribution in [0.2, 0.25) is 0 Å². The third kappa shape index (κ3) is 2.00. The SMILES string of the molecule is CCC1(C(=O)O)CCCN1C(C)c1ccsc1. The summed E-state index contributed by atoms with van der Waals surface area (Å²) in [5.41, 5.74) is 0.581. The van der Waals surface area contributed by atoms with Gasteiger partial charge < -0.3 is 5.11 Å². The highest BCUT2D eigenvalue weighted by Crippen LogP contribution is 2.39. The lowest BCUT2D eigenvalue weighted by molar-refractivity contribution is -0.151. The second-order valence-corrected chi connectivity index (χ2v) is 5.50. The summed E-state index contributed by atoms with van der Waals surface area (Å²) >= 11 is 1.67. The van der Waals surface area contributed by atoms with E-state index in [-0.39, 0.29) is 6.04 Å². The Hall–Kier alpha value is -0.870. The summed E-state index contributed by atoms with van der Waals surface area (Å²) in [5, 5.41) is 13.7. The Kier molecular flexibility index (Phi) is 3.54. The minimum Gasteiger partial charge on any atom is -0.480 e. The molecular weight excluding hydrogens is 234 g/mol. The average molecular weight is 253 g/mol. The van der Waals surface area contributed by atoms with Crippen molar-refractivity contribution in [3.05, 3.63) is 22.4 Å². The van der Waals surface area contributed by atoms with Crippen molar-refractivity contribution in [2.75, 3.05) is 6.54 Å². The molecule has 17 heavy (non-hydrogen) atoms. The molecule has 1 fully saturated rings. The van der Waals surface area contributed by atoms with E-state index < -0.39 is 11.5 Å². The first kappa shape index (κ1) is 12.6. The quantitative estimate of drug-likeness (QED) is 0.896. The van der Waals surface area contributed by atoms with Gasteiger partial charge in [-0.05, 0) is 55.1 Å². The predicted octanol–water partition coefficient (Wildman–Crippen LogP) is 3.14. The first-order valence-corrected chi connectivity index (χ1v) is 7.08. The molecule has 4 heteroatoms. The van der Waals surface area contributed by atoms with Crippen LogP contribution in [0.4, 0.5) is 0 Å². The largest absolute Gasteiger partial charge is 0.480 e. The van der Waals surface area contributed by atoms with E-state index in [1.165, 1.54) is 5.56 Å². The number of hydrogen-bond donors (Lipinski definition) is 1. The summed E-state index contributed by atoms with van der Waals surface area (Å²) in [4.78, 5) is 13.8. The van der Waals surface area contributed by atoms with Gasteiger partial charge in [0.15, 0.2) is 0 Å². The molecule has 2 unspecified atom stereocenters. The fraction of sp³-hybridized carbons (Fsp3) is 0.615. The molecule has 94 valence electrons. The molecule has 0 aliphatic carbocycles. The van der Waals surface area contributed by atoms with Gasteiger partial charge in [-0.3, -0.25) is 9.69 Å². The molecule has 1 saturated heterocycles. The summed E-state index contributed by atoms with van der Waals surface area (Å²) in [5.74, 6) is -0.667. The number of aliphatic carboxylic acids is 1. The van der Waals surface area contributed by atoms with Crippen LogP contribution in [0.25, 0.3) is 0 Å². The van der Waals surface area contributed by atoms with Gasteiger partial charge in [0.05, 0.1) is 0 Å². The van der Waals surface area contributed by atoms with Gasteiger partial charge in [0, 0.05) is 6.04 Å². The zero-order chi connectivity index (χ0) is 12.5. The molecule has 1 aliphatic heterocycles. The van der Waals surface area contributed by atoms with Crippen molar-refractivity contribution in [1.82, 2.24) is 4.90 Å². The van der Waals surface area contributed by atoms with E-state index in [2.05, 4.69) is 28.7 Å². The maximum absolute atomic E-state index is 11.6. The van der Waals surface area contributed by atoms with Crippen LogP contribution in [0, 0.1) is 0 Å². The molecule has 1 aliphatic rings. The normalized spacial score (nSPS) is 27.2. The smallest absolute Gasteiger partial charge is 0.324 e. The number of nitrogens with zero attached hydrogens (tertiary/aromatic N) is 1. The number of hydrogen-bond acceptors (Lipinski definition) is 3. The molecule has 0 radical (unpaired) electrons. The molecule has 2 heterocycles. The maximum Gasteiger partial charge on any atom is 0.324 e. The van der Waals surface area contributed by atoms with Crippen LogP contribution in [0.5, 0.6) is 0 Å². The molecular formula is C13H19NO2S. The molecule has 1 aromatic heterocycles. The highest BCUT2D eigenvalue weighted by atomic mass is 32.1. The number of carboxylic acids is 1. The van der Waals surface area contributed by atoms with Gasteiger partial charge in [0.1, 0.15) is 5.54 Å². The first-order chi connectivity index (χ1) is 8.12. The van der Waals surface area contributed by atoms with Crippen molar-refractivity contribution in [2.24, 2.45) is 0 Å². The molecule has 3 nitrogen and oxygen atoms in total. The number of thiophene rings is 1. The second kappa shape index (κ2) is 4.78. The van der Waals surface area contributed by atoms with Gasteiger partial charge in [-0.1, -0.05) is 6.92 Å². The van der Waals surface area contributed by atoms with Crippen molar-refractivity contribution < 1.29 is 9.90 Å². The summed E-state index contributed by atoms with van der Waals surface area (Å²) in [6, 6.07) is 2.29. The van der Waals surface area contributed by atoms with E-state index in [4.69, 9.17) is 0 Å². The monoisotopic (exact) mass is 253 g/mol. The Morgan fingerprint density at radius 1 is 1.71 bits per heavy atom. The van der Waals surface area contributed by atoms with Crippen molar-refractivity contribution in [3.8, 4) is 0 Å². The number of carbonyl (C=O) groups is 1. The van der Waals surface area contributed by atoms with Gasteiger partial charge in [0.2, 0.25) is 0 Å². The Bertz CT molecular complexity index is 390. The fourth-order valence-corrected chi connectivity index (χ4v) is 3.66. The van der Waals surface area contributed by atoms with Gasteiger partial charge >= 0.3 is 5.97 Å². The van der Waals surface area contributed by atoms with Gasteiger partial charge in [-0.25, -0.2) is 0 Å². The van der Waals surface area contributed by atoms with E-state index in [1.54, 1.807) is 11.3 Å². The van der Waals surface area contributed by atoms with Crippen LogP contribution < -0.4 is 0 Å². The third-order valence-electron chi connectivity index (χ3n) is 4.02. The zero-order valence-corrected chi connectivity index (χ0v) is 11.2. The van der Waals surface area contributed by atoms with Gasteiger partial charge in [-0.15, -0.1) is 0 Å². The van der Waals surface area contributed by atoms with Gasteiger partial charge in [0.25, 0.3) is 0 Å². The van der Waals surface area contributed by atoms with Crippen LogP contribution in [0.15, 0.2) is 16.8 Å². The average Bonchev–Trinajstić information content (AvgIpc) is 2.97. The minimum absolute atomic E-state index is 0.194. The first-order valence-electron chi connectivity index (χ1n) is 6.14. The summed E-state index contributed by atoms with van der Waals surface area (Å²) in [7, 11) is 0. The van der Waals surface area contributed by atoms with Crippen LogP contribution in [-0.4, -0.2) is 28.1 Å². The van der Waals surface area contributed by atoms with E-state index in [9.17, 15) is 9.90 Å². The summed E-state index contributed by atoms with van der Waals surface area (Å²) in [6.07, 6.45) is 2.43. The maximum atomic E-state index is 11.6. The summed E-state index contributed by atoms with van der Waals surface area (Å²) < 4.78 is 0. The van der Waals surface area contributed by atoms with E-state index >= 15 is 0 Å². The lowest BCUT2D eigenvalue weighted by atomic mass is 9.91. The molecule has 0 bridgehead atoms.